The van der Waals surface area contributed by atoms with E-state index in [0.29, 0.717) is 12.4 Å². The fourth-order valence-corrected chi connectivity index (χ4v) is 9.38. The van der Waals surface area contributed by atoms with Crippen LogP contribution in [-0.2, 0) is 0 Å². The monoisotopic (exact) mass is 892 g/mol. The van der Waals surface area contributed by atoms with Gasteiger partial charge in [0.25, 0.3) is 0 Å². The molecule has 4 aromatic carbocycles. The van der Waals surface area contributed by atoms with Gasteiger partial charge in [-0.1, -0.05) is 120 Å². The third-order valence-electron chi connectivity index (χ3n) is 12.9. The summed E-state index contributed by atoms with van der Waals surface area (Å²) in [5, 5.41) is 45.8. The number of aromatic amines is 4. The van der Waals surface area contributed by atoms with Crippen molar-refractivity contribution in [1.82, 2.24) is 19.9 Å². The van der Waals surface area contributed by atoms with Crippen LogP contribution in [-0.4, -0.2) is 47.0 Å². The number of nitrogens with one attached hydrogen (secondary N) is 4. The summed E-state index contributed by atoms with van der Waals surface area (Å²) in [6, 6.07) is 43.6. The number of aromatic hydroxyl groups is 4. The van der Waals surface area contributed by atoms with Crippen molar-refractivity contribution >= 4 is 22.3 Å². The molecule has 1 aliphatic rings. The van der Waals surface area contributed by atoms with E-state index in [2.05, 4.69) is 75.4 Å². The number of phenolic OH excluding ortho intramolecular Hbond substituents is 4. The van der Waals surface area contributed by atoms with Crippen LogP contribution in [0.2, 0.25) is 0 Å². The minimum absolute atomic E-state index is 0.0702. The van der Waals surface area contributed by atoms with Crippen LogP contribution in [0.3, 0.4) is 0 Å². The molecule has 0 atom stereocenters. The minimum atomic E-state index is 0.0702. The zero-order chi connectivity index (χ0) is 46.1. The molecule has 4 aromatic heterocycles. The van der Waals surface area contributed by atoms with Gasteiger partial charge >= 0.3 is 0 Å². The van der Waals surface area contributed by atoms with Gasteiger partial charge in [-0.2, -0.15) is 0 Å². The van der Waals surface area contributed by atoms with Gasteiger partial charge in [0, 0.05) is 66.5 Å². The normalized spacial score (nSPS) is 12.6. The first-order valence-corrected chi connectivity index (χ1v) is 23.9. The lowest BCUT2D eigenvalue weighted by atomic mass is 10.0. The van der Waals surface area contributed by atoms with Gasteiger partial charge in [-0.25, -0.2) is 0 Å². The van der Waals surface area contributed by atoms with Crippen LogP contribution in [0.5, 0.6) is 28.7 Å². The highest BCUT2D eigenvalue weighted by atomic mass is 16.5. The predicted molar refractivity (Wildman–Crippen MR) is 267 cm³/mol. The smallest absolute Gasteiger partial charge is 0.160 e. The fourth-order valence-electron chi connectivity index (χ4n) is 9.38. The Bertz CT molecular complexity index is 3190. The summed E-state index contributed by atoms with van der Waals surface area (Å²) in [4.78, 5) is 15.0. The summed E-state index contributed by atoms with van der Waals surface area (Å²) < 4.78 is 6.16. The van der Waals surface area contributed by atoms with E-state index in [1.807, 2.05) is 48.5 Å². The average Bonchev–Trinajstić information content (AvgIpc) is 4.19. The second-order valence-electron chi connectivity index (χ2n) is 17.7. The Hall–Kier alpha value is -7.52. The molecule has 0 saturated heterocycles. The summed E-state index contributed by atoms with van der Waals surface area (Å²) in [6.45, 7) is 2.81. The number of hydrogen-bond donors (Lipinski definition) is 8. The molecule has 342 valence electrons. The van der Waals surface area contributed by atoms with Crippen LogP contribution in [0.15, 0.2) is 140 Å². The topological polar surface area (TPSA) is 153 Å². The van der Waals surface area contributed by atoms with Crippen molar-refractivity contribution in [3.8, 4) is 28.7 Å². The Labute approximate surface area is 391 Å². The van der Waals surface area contributed by atoms with Crippen molar-refractivity contribution in [2.24, 2.45) is 0 Å². The number of benzene rings is 4. The predicted octanol–water partition coefficient (Wildman–Crippen LogP) is 10.2. The molecule has 8 bridgehead atoms. The number of aromatic nitrogens is 4. The van der Waals surface area contributed by atoms with Crippen LogP contribution < -0.4 is 26.1 Å². The van der Waals surface area contributed by atoms with Crippen molar-refractivity contribution in [2.75, 3.05) is 6.61 Å². The molecule has 67 heavy (non-hydrogen) atoms. The maximum atomic E-state index is 11.5. The molecule has 0 saturated carbocycles. The molecule has 0 unspecified atom stereocenters. The molecular weight excluding hydrogens is 833 g/mol. The summed E-state index contributed by atoms with van der Waals surface area (Å²) in [6.07, 6.45) is 15.2. The molecule has 1 aliphatic heterocycles. The molecule has 9 nitrogen and oxygen atoms in total. The third kappa shape index (κ3) is 10.3. The number of H-pyrrole nitrogens is 4. The molecule has 8 N–H and O–H groups in total. The lowest BCUT2D eigenvalue weighted by Crippen LogP contribution is -2.19. The SMILES string of the molecule is CCCCCCCCCCCCCCOc1ccc(C2=c3ccc([nH]3)=C(c3ccc(O)cc3)c3ccc([nH]3)C(c3ccc(O)cc3)=c3ccc([nH]3)=C(c3ccc(O)cc3)c3ccc2[nH]3)cc1O. The third-order valence-corrected chi connectivity index (χ3v) is 12.9. The van der Waals surface area contributed by atoms with Gasteiger partial charge in [-0.3, -0.25) is 0 Å². The van der Waals surface area contributed by atoms with Gasteiger partial charge in [-0.15, -0.1) is 0 Å². The van der Waals surface area contributed by atoms with Gasteiger partial charge in [0.05, 0.1) is 6.61 Å². The highest BCUT2D eigenvalue weighted by molar-refractivity contribution is 5.85. The van der Waals surface area contributed by atoms with Gasteiger partial charge < -0.3 is 45.1 Å². The van der Waals surface area contributed by atoms with E-state index in [4.69, 9.17) is 4.74 Å². The first-order chi connectivity index (χ1) is 32.8. The second-order valence-corrected chi connectivity index (χ2v) is 17.7. The number of rotatable bonds is 18. The molecular formula is C58H60N4O5. The Morgan fingerprint density at radius 3 is 1.03 bits per heavy atom. The Balaban J connectivity index is 1.12. The molecule has 0 amide bonds. The van der Waals surface area contributed by atoms with Crippen molar-refractivity contribution in [3.05, 3.63) is 206 Å². The molecule has 0 aliphatic carbocycles. The summed E-state index contributed by atoms with van der Waals surface area (Å²) in [5.41, 5.74) is 10.3. The fraction of sp³-hybridized carbons (Fsp3) is 0.241. The van der Waals surface area contributed by atoms with E-state index in [1.165, 1.54) is 64.2 Å². The van der Waals surface area contributed by atoms with E-state index < -0.39 is 0 Å². The second kappa shape index (κ2) is 20.8. The van der Waals surface area contributed by atoms with Crippen LogP contribution in [0.25, 0.3) is 22.3 Å². The molecule has 9 rings (SSSR count). The summed E-state index contributed by atoms with van der Waals surface area (Å²) in [7, 11) is 0. The molecule has 0 fully saturated rings. The van der Waals surface area contributed by atoms with Crippen molar-refractivity contribution < 1.29 is 25.2 Å². The number of phenols is 4. The number of fused-ring (bicyclic) bond motifs is 8. The quantitative estimate of drug-likeness (QED) is 0.0403. The van der Waals surface area contributed by atoms with E-state index in [-0.39, 0.29) is 23.0 Å². The van der Waals surface area contributed by atoms with Gasteiger partial charge in [0.15, 0.2) is 11.5 Å². The highest BCUT2D eigenvalue weighted by Crippen LogP contribution is 2.33. The van der Waals surface area contributed by atoms with Crippen molar-refractivity contribution in [1.29, 1.82) is 0 Å². The van der Waals surface area contributed by atoms with Crippen molar-refractivity contribution in [3.63, 3.8) is 0 Å². The largest absolute Gasteiger partial charge is 0.508 e. The maximum Gasteiger partial charge on any atom is 0.160 e. The van der Waals surface area contributed by atoms with E-state index in [9.17, 15) is 20.4 Å². The standard InChI is InChI=1S/C58H60N4O5/c1-2-3-4-5-6-7-8-9-10-11-12-13-36-67-54-35-20-41(37-53(54)66)58-51-33-31-49(61-51)56(39-16-23-43(64)24-17-39)47-29-27-45(59-47)55(38-14-21-42(63)22-15-38)46-28-30-48(60-46)57(50-32-34-52(58)62-50)40-18-25-44(65)26-19-40/h14-35,37,59-66H,2-13,36H2,1H3. The molecule has 5 heterocycles. The number of ether oxygens (including phenoxy) is 1. The Kier molecular flexibility index (Phi) is 13.8. The number of hydrogen-bond acceptors (Lipinski definition) is 5. The average molecular weight is 893 g/mol. The molecule has 0 spiro atoms. The maximum absolute atomic E-state index is 11.5. The van der Waals surface area contributed by atoms with E-state index in [0.717, 1.165) is 102 Å². The molecule has 9 heteroatoms. The first kappa shape index (κ1) is 44.7. The summed E-state index contributed by atoms with van der Waals surface area (Å²) in [5.74, 6) is 1.05. The van der Waals surface area contributed by atoms with Gasteiger partial charge in [0.2, 0.25) is 0 Å². The Morgan fingerprint density at radius 2 is 0.672 bits per heavy atom. The Morgan fingerprint density at radius 1 is 0.343 bits per heavy atom. The van der Waals surface area contributed by atoms with Crippen molar-refractivity contribution in [2.45, 2.75) is 84.0 Å². The van der Waals surface area contributed by atoms with E-state index in [1.54, 1.807) is 42.5 Å². The zero-order valence-electron chi connectivity index (χ0n) is 38.2. The van der Waals surface area contributed by atoms with Crippen LogP contribution >= 0.6 is 0 Å². The van der Waals surface area contributed by atoms with Gasteiger partial charge in [0.1, 0.15) is 17.2 Å². The highest BCUT2D eigenvalue weighted by Gasteiger charge is 2.19. The molecule has 8 aromatic rings. The summed E-state index contributed by atoms with van der Waals surface area (Å²) >= 11 is 0. The van der Waals surface area contributed by atoms with Gasteiger partial charge in [-0.05, 0) is 126 Å². The van der Waals surface area contributed by atoms with Crippen LogP contribution in [0.4, 0.5) is 0 Å². The lowest BCUT2D eigenvalue weighted by Gasteiger charge is -2.12. The van der Waals surface area contributed by atoms with E-state index >= 15 is 0 Å². The van der Waals surface area contributed by atoms with Crippen LogP contribution in [0, 0.1) is 0 Å². The molecule has 0 radical (unpaired) electrons. The first-order valence-electron chi connectivity index (χ1n) is 23.9. The number of unbranched alkanes of at least 4 members (excludes halogenated alkanes) is 11. The lowest BCUT2D eigenvalue weighted by molar-refractivity contribution is 0.288. The zero-order valence-corrected chi connectivity index (χ0v) is 38.2. The minimum Gasteiger partial charge on any atom is -0.508 e. The van der Waals surface area contributed by atoms with Crippen LogP contribution in [0.1, 0.15) is 129 Å².